The third-order valence-corrected chi connectivity index (χ3v) is 1.88. The molecule has 0 aliphatic carbocycles. The Kier molecular flexibility index (Phi) is 2.92. The van der Waals surface area contributed by atoms with E-state index < -0.39 is 10.5 Å². The Morgan fingerprint density at radius 2 is 2.07 bits per heavy atom. The maximum atomic E-state index is 12.2. The number of halogens is 1. The van der Waals surface area contributed by atoms with E-state index in [9.17, 15) is 12.3 Å². The molecule has 78 valence electrons. The molecule has 0 fully saturated rings. The van der Waals surface area contributed by atoms with Gasteiger partial charge in [0.25, 0.3) is 0 Å². The van der Waals surface area contributed by atoms with Crippen molar-refractivity contribution in [1.29, 1.82) is 0 Å². The number of anilines is 1. The summed E-state index contributed by atoms with van der Waals surface area (Å²) in [6.07, 6.45) is 0. The molecule has 0 radical (unpaired) electrons. The highest BCUT2D eigenvalue weighted by atomic mass is 32.3. The fourth-order valence-corrected chi connectivity index (χ4v) is 1.24. The van der Waals surface area contributed by atoms with Gasteiger partial charge in [-0.25, -0.2) is 0 Å². The smallest absolute Gasteiger partial charge is 0.396 e. The number of hydrogen-bond donors (Lipinski definition) is 2. The first-order valence-corrected chi connectivity index (χ1v) is 4.96. The predicted octanol–water partition coefficient (Wildman–Crippen LogP) is 0.321. The molecule has 1 aromatic rings. The minimum atomic E-state index is -5.05. The van der Waals surface area contributed by atoms with Gasteiger partial charge in [-0.2, -0.15) is 8.42 Å². The first kappa shape index (κ1) is 10.7. The van der Waals surface area contributed by atoms with Crippen molar-refractivity contribution in [3.05, 3.63) is 23.8 Å². The summed E-state index contributed by atoms with van der Waals surface area (Å²) in [6.45, 7) is 0.184. The lowest BCUT2D eigenvalue weighted by atomic mass is 10.2. The van der Waals surface area contributed by atoms with Gasteiger partial charge < -0.3 is 15.7 Å². The molecule has 1 aromatic carbocycles. The van der Waals surface area contributed by atoms with E-state index in [-0.39, 0.29) is 18.0 Å². The van der Waals surface area contributed by atoms with Crippen LogP contribution in [-0.4, -0.2) is 8.42 Å². The van der Waals surface area contributed by atoms with Gasteiger partial charge in [0.15, 0.2) is 5.75 Å². The lowest BCUT2D eigenvalue weighted by Crippen LogP contribution is -2.05. The third-order valence-electron chi connectivity index (χ3n) is 1.50. The summed E-state index contributed by atoms with van der Waals surface area (Å²) in [7, 11) is -5.05. The molecule has 0 heterocycles. The van der Waals surface area contributed by atoms with Gasteiger partial charge in [-0.15, -0.1) is 0 Å². The Hall–Kier alpha value is -1.34. The van der Waals surface area contributed by atoms with Crippen LogP contribution >= 0.6 is 0 Å². The predicted molar refractivity (Wildman–Crippen MR) is 49.4 cm³/mol. The summed E-state index contributed by atoms with van der Waals surface area (Å²) >= 11 is 0. The van der Waals surface area contributed by atoms with Crippen LogP contribution in [0, 0.1) is 0 Å². The summed E-state index contributed by atoms with van der Waals surface area (Å²) in [5, 5.41) is 0. The summed E-state index contributed by atoms with van der Waals surface area (Å²) in [5.74, 6) is -0.254. The van der Waals surface area contributed by atoms with Crippen LogP contribution in [0.1, 0.15) is 5.56 Å². The van der Waals surface area contributed by atoms with Crippen LogP contribution in [-0.2, 0) is 17.0 Å². The molecule has 0 atom stereocenters. The van der Waals surface area contributed by atoms with Crippen molar-refractivity contribution in [2.75, 3.05) is 5.73 Å². The third kappa shape index (κ3) is 2.86. The number of benzene rings is 1. The average molecular weight is 220 g/mol. The van der Waals surface area contributed by atoms with E-state index in [0.717, 1.165) is 0 Å². The van der Waals surface area contributed by atoms with Gasteiger partial charge in [-0.1, -0.05) is 9.95 Å². The van der Waals surface area contributed by atoms with Crippen LogP contribution in [0.5, 0.6) is 5.75 Å². The molecule has 0 spiro atoms. The minimum absolute atomic E-state index is 0.0309. The van der Waals surface area contributed by atoms with E-state index in [4.69, 9.17) is 11.5 Å². The number of rotatable bonds is 3. The second kappa shape index (κ2) is 3.81. The first-order valence-electron chi connectivity index (χ1n) is 3.65. The Balaban J connectivity index is 3.07. The molecule has 0 aliphatic heterocycles. The SMILES string of the molecule is NCc1ccc(N)c(OS(=O)(=O)F)c1. The molecule has 0 aliphatic rings. The van der Waals surface area contributed by atoms with E-state index in [2.05, 4.69) is 4.18 Å². The molecule has 5 nitrogen and oxygen atoms in total. The molecule has 0 amide bonds. The second-order valence-electron chi connectivity index (χ2n) is 2.55. The Morgan fingerprint density at radius 3 is 2.57 bits per heavy atom. The van der Waals surface area contributed by atoms with Crippen molar-refractivity contribution in [2.45, 2.75) is 6.54 Å². The molecule has 14 heavy (non-hydrogen) atoms. The molecular formula is C7H9FN2O3S. The first-order chi connectivity index (χ1) is 6.42. The standard InChI is InChI=1S/C7H9FN2O3S/c8-14(11,12)13-7-3-5(4-9)1-2-6(7)10/h1-3H,4,9-10H2. The summed E-state index contributed by atoms with van der Waals surface area (Å²) in [5.41, 5.74) is 11.3. The topological polar surface area (TPSA) is 95.4 Å². The average Bonchev–Trinajstić information content (AvgIpc) is 2.06. The Labute approximate surface area is 80.9 Å². The molecule has 0 aromatic heterocycles. The van der Waals surface area contributed by atoms with Crippen molar-refractivity contribution < 1.29 is 16.5 Å². The minimum Gasteiger partial charge on any atom is -0.396 e. The molecule has 0 unspecified atom stereocenters. The van der Waals surface area contributed by atoms with Gasteiger partial charge in [0.05, 0.1) is 5.69 Å². The van der Waals surface area contributed by atoms with Gasteiger partial charge in [-0.3, -0.25) is 0 Å². The largest absolute Gasteiger partial charge is 0.488 e. The van der Waals surface area contributed by atoms with E-state index in [1.165, 1.54) is 12.1 Å². The Morgan fingerprint density at radius 1 is 1.43 bits per heavy atom. The zero-order valence-electron chi connectivity index (χ0n) is 7.10. The highest BCUT2D eigenvalue weighted by Crippen LogP contribution is 2.24. The quantitative estimate of drug-likeness (QED) is 0.565. The fraction of sp³-hybridized carbons (Fsp3) is 0.143. The van der Waals surface area contributed by atoms with Gasteiger partial charge >= 0.3 is 10.5 Å². The maximum Gasteiger partial charge on any atom is 0.488 e. The van der Waals surface area contributed by atoms with Crippen LogP contribution < -0.4 is 15.7 Å². The lowest BCUT2D eigenvalue weighted by Gasteiger charge is -2.05. The molecule has 7 heteroatoms. The highest BCUT2D eigenvalue weighted by Gasteiger charge is 2.12. The van der Waals surface area contributed by atoms with E-state index >= 15 is 0 Å². The maximum absolute atomic E-state index is 12.2. The fourth-order valence-electron chi connectivity index (χ4n) is 0.885. The number of nitrogens with two attached hydrogens (primary N) is 2. The van der Waals surface area contributed by atoms with Crippen LogP contribution in [0.3, 0.4) is 0 Å². The van der Waals surface area contributed by atoms with Crippen molar-refractivity contribution in [3.8, 4) is 5.75 Å². The van der Waals surface area contributed by atoms with Crippen LogP contribution in [0.2, 0.25) is 0 Å². The summed E-state index contributed by atoms with van der Waals surface area (Å²) in [6, 6.07) is 4.25. The molecule has 0 bridgehead atoms. The van der Waals surface area contributed by atoms with Gasteiger partial charge in [-0.05, 0) is 17.7 Å². The Bertz CT molecular complexity index is 433. The van der Waals surface area contributed by atoms with Crippen molar-refractivity contribution >= 4 is 16.2 Å². The van der Waals surface area contributed by atoms with Gasteiger partial charge in [0.1, 0.15) is 0 Å². The van der Waals surface area contributed by atoms with Crippen LogP contribution in [0.25, 0.3) is 0 Å². The van der Waals surface area contributed by atoms with Crippen molar-refractivity contribution in [2.24, 2.45) is 5.73 Å². The second-order valence-corrected chi connectivity index (χ2v) is 3.51. The molecule has 4 N–H and O–H groups in total. The highest BCUT2D eigenvalue weighted by molar-refractivity contribution is 7.81. The van der Waals surface area contributed by atoms with E-state index in [0.29, 0.717) is 5.56 Å². The van der Waals surface area contributed by atoms with E-state index in [1.807, 2.05) is 0 Å². The normalized spacial score (nSPS) is 11.3. The zero-order chi connectivity index (χ0) is 10.8. The van der Waals surface area contributed by atoms with Crippen LogP contribution in [0.15, 0.2) is 18.2 Å². The number of nitrogen functional groups attached to an aromatic ring is 1. The van der Waals surface area contributed by atoms with Crippen molar-refractivity contribution in [3.63, 3.8) is 0 Å². The van der Waals surface area contributed by atoms with Crippen molar-refractivity contribution in [1.82, 2.24) is 0 Å². The van der Waals surface area contributed by atoms with E-state index in [1.54, 1.807) is 6.07 Å². The lowest BCUT2D eigenvalue weighted by molar-refractivity contribution is 0.441. The molecular weight excluding hydrogens is 211 g/mol. The van der Waals surface area contributed by atoms with Gasteiger partial charge in [0.2, 0.25) is 0 Å². The van der Waals surface area contributed by atoms with Gasteiger partial charge in [0, 0.05) is 6.54 Å². The van der Waals surface area contributed by atoms with Crippen LogP contribution in [0.4, 0.5) is 9.57 Å². The monoisotopic (exact) mass is 220 g/mol. The summed E-state index contributed by atoms with van der Waals surface area (Å²) in [4.78, 5) is 0. The molecule has 1 rings (SSSR count). The zero-order valence-corrected chi connectivity index (χ0v) is 7.92. The number of hydrogen-bond acceptors (Lipinski definition) is 5. The molecule has 0 saturated carbocycles. The molecule has 0 saturated heterocycles. The summed E-state index contributed by atoms with van der Waals surface area (Å²) < 4.78 is 36.5.